The van der Waals surface area contributed by atoms with E-state index in [1.54, 1.807) is 13.2 Å². The minimum atomic E-state index is 0.605. The van der Waals surface area contributed by atoms with Crippen LogP contribution in [0.1, 0.15) is 21.5 Å². The first-order valence-corrected chi connectivity index (χ1v) is 5.84. The molecule has 0 saturated heterocycles. The van der Waals surface area contributed by atoms with Crippen molar-refractivity contribution in [3.05, 3.63) is 38.3 Å². The third-order valence-electron chi connectivity index (χ3n) is 1.96. The van der Waals surface area contributed by atoms with Crippen LogP contribution in [0.15, 0.2) is 21.6 Å². The number of hydrogen-bond donors (Lipinski definition) is 0. The smallest absolute Gasteiger partial charge is 0.150 e. The molecule has 2 nitrogen and oxygen atoms in total. The minimum Gasteiger partial charge on any atom is -0.494 e. The molecule has 0 aliphatic carbocycles. The van der Waals surface area contributed by atoms with Crippen molar-refractivity contribution in [1.29, 1.82) is 0 Å². The number of hydrogen-bond acceptors (Lipinski definition) is 2. The number of aryl methyl sites for hydroxylation is 1. The van der Waals surface area contributed by atoms with Gasteiger partial charge in [-0.3, -0.25) is 4.79 Å². The lowest BCUT2D eigenvalue weighted by Gasteiger charge is -2.10. The molecule has 0 heterocycles. The molecule has 0 amide bonds. The van der Waals surface area contributed by atoms with Gasteiger partial charge in [0.1, 0.15) is 9.15 Å². The molecule has 1 rings (SSSR count). The summed E-state index contributed by atoms with van der Waals surface area (Å²) in [5, 5.41) is 0. The van der Waals surface area contributed by atoms with Gasteiger partial charge in [0, 0.05) is 11.1 Å². The molecule has 0 aliphatic rings. The zero-order valence-corrected chi connectivity index (χ0v) is 11.6. The quantitative estimate of drug-likeness (QED) is 0.620. The van der Waals surface area contributed by atoms with E-state index in [9.17, 15) is 4.79 Å². The summed E-state index contributed by atoms with van der Waals surface area (Å²) in [7, 11) is 1.56. The first-order chi connectivity index (χ1) is 7.10. The Morgan fingerprint density at radius 3 is 2.53 bits per heavy atom. The maximum atomic E-state index is 10.9. The Hall–Kier alpha value is -0.610. The summed E-state index contributed by atoms with van der Waals surface area (Å²) < 4.78 is 5.91. The molecule has 4 heteroatoms. The lowest BCUT2D eigenvalue weighted by Crippen LogP contribution is -1.95. The molecule has 0 bridgehead atoms. The van der Waals surface area contributed by atoms with Gasteiger partial charge in [-0.1, -0.05) is 17.7 Å². The summed E-state index contributed by atoms with van der Waals surface area (Å²) in [6.45, 7) is 1.97. The highest BCUT2D eigenvalue weighted by Crippen LogP contribution is 2.30. The van der Waals surface area contributed by atoms with Crippen molar-refractivity contribution in [1.82, 2.24) is 0 Å². The predicted octanol–water partition coefficient (Wildman–Crippen LogP) is 3.87. The molecule has 1 aromatic rings. The number of benzene rings is 1. The molecule has 0 fully saturated rings. The van der Waals surface area contributed by atoms with E-state index in [1.165, 1.54) is 0 Å². The van der Waals surface area contributed by atoms with Crippen LogP contribution in [0.25, 0.3) is 5.76 Å². The fourth-order valence-corrected chi connectivity index (χ4v) is 2.01. The minimum absolute atomic E-state index is 0.605. The fraction of sp³-hybridized carbons (Fsp3) is 0.182. The second-order valence-electron chi connectivity index (χ2n) is 3.00. The van der Waals surface area contributed by atoms with Crippen molar-refractivity contribution >= 4 is 43.9 Å². The number of rotatable bonds is 3. The Morgan fingerprint density at radius 2 is 2.07 bits per heavy atom. The Kier molecular flexibility index (Phi) is 4.54. The van der Waals surface area contributed by atoms with Crippen molar-refractivity contribution in [3.8, 4) is 0 Å². The first-order valence-electron chi connectivity index (χ1n) is 4.25. The van der Waals surface area contributed by atoms with Crippen LogP contribution in [-0.2, 0) is 4.74 Å². The second-order valence-corrected chi connectivity index (χ2v) is 5.65. The molecule has 1 aromatic carbocycles. The topological polar surface area (TPSA) is 26.3 Å². The predicted molar refractivity (Wildman–Crippen MR) is 68.3 cm³/mol. The van der Waals surface area contributed by atoms with E-state index in [2.05, 4.69) is 31.9 Å². The van der Waals surface area contributed by atoms with Crippen molar-refractivity contribution in [2.45, 2.75) is 6.92 Å². The molecule has 0 atom stereocenters. The fourth-order valence-electron chi connectivity index (χ4n) is 1.26. The van der Waals surface area contributed by atoms with Crippen LogP contribution in [0.5, 0.6) is 0 Å². The Bertz CT molecular complexity index is 407. The van der Waals surface area contributed by atoms with E-state index >= 15 is 0 Å². The van der Waals surface area contributed by atoms with Gasteiger partial charge in [-0.05, 0) is 44.8 Å². The number of methoxy groups -OCH3 is 1. The number of ether oxygens (including phenoxy) is 1. The zero-order valence-electron chi connectivity index (χ0n) is 8.38. The Balaban J connectivity index is 3.40. The number of aldehydes is 1. The van der Waals surface area contributed by atoms with Crippen LogP contribution < -0.4 is 0 Å². The van der Waals surface area contributed by atoms with Gasteiger partial charge in [-0.15, -0.1) is 0 Å². The average Bonchev–Trinajstić information content (AvgIpc) is 2.18. The molecule has 0 N–H and O–H groups in total. The summed E-state index contributed by atoms with van der Waals surface area (Å²) in [5.74, 6) is 0.612. The van der Waals surface area contributed by atoms with Gasteiger partial charge in [0.25, 0.3) is 0 Å². The van der Waals surface area contributed by atoms with Crippen molar-refractivity contribution in [3.63, 3.8) is 0 Å². The van der Waals surface area contributed by atoms with E-state index < -0.39 is 0 Å². The second kappa shape index (κ2) is 5.47. The SMILES string of the molecule is COC(=C(Br)Br)c1cc(C)ccc1C=O. The van der Waals surface area contributed by atoms with E-state index in [4.69, 9.17) is 4.74 Å². The van der Waals surface area contributed by atoms with E-state index in [0.29, 0.717) is 14.7 Å². The third-order valence-corrected chi connectivity index (χ3v) is 2.68. The summed E-state index contributed by atoms with van der Waals surface area (Å²) >= 11 is 6.56. The number of halogens is 2. The third kappa shape index (κ3) is 2.92. The molecule has 0 saturated carbocycles. The molecule has 80 valence electrons. The van der Waals surface area contributed by atoms with Gasteiger partial charge in [0.15, 0.2) is 6.29 Å². The molecule has 0 aromatic heterocycles. The van der Waals surface area contributed by atoms with Gasteiger partial charge in [-0.25, -0.2) is 0 Å². The van der Waals surface area contributed by atoms with Crippen molar-refractivity contribution < 1.29 is 9.53 Å². The van der Waals surface area contributed by atoms with Gasteiger partial charge in [0.05, 0.1) is 7.11 Å². The van der Waals surface area contributed by atoms with E-state index in [-0.39, 0.29) is 0 Å². The number of carbonyl (C=O) groups excluding carboxylic acids is 1. The normalized spacial score (nSPS) is 9.60. The monoisotopic (exact) mass is 332 g/mol. The van der Waals surface area contributed by atoms with Crippen molar-refractivity contribution in [2.24, 2.45) is 0 Å². The molecule has 0 aliphatic heterocycles. The van der Waals surface area contributed by atoms with Crippen LogP contribution in [0.2, 0.25) is 0 Å². The highest BCUT2D eigenvalue weighted by atomic mass is 79.9. The van der Waals surface area contributed by atoms with E-state index in [0.717, 1.165) is 17.4 Å². The van der Waals surface area contributed by atoms with Gasteiger partial charge in [-0.2, -0.15) is 0 Å². The molecule has 0 unspecified atom stereocenters. The largest absolute Gasteiger partial charge is 0.494 e. The summed E-state index contributed by atoms with van der Waals surface area (Å²) in [6, 6.07) is 5.58. The van der Waals surface area contributed by atoms with Crippen LogP contribution in [0.3, 0.4) is 0 Å². The van der Waals surface area contributed by atoms with Crippen LogP contribution in [0, 0.1) is 6.92 Å². The molecule has 0 radical (unpaired) electrons. The Labute approximate surface area is 106 Å². The van der Waals surface area contributed by atoms with Crippen LogP contribution in [0.4, 0.5) is 0 Å². The van der Waals surface area contributed by atoms with Gasteiger partial charge >= 0.3 is 0 Å². The lowest BCUT2D eigenvalue weighted by molar-refractivity contribution is 0.112. The number of carbonyl (C=O) groups is 1. The van der Waals surface area contributed by atoms with Crippen LogP contribution in [-0.4, -0.2) is 13.4 Å². The zero-order chi connectivity index (χ0) is 11.4. The maximum Gasteiger partial charge on any atom is 0.150 e. The lowest BCUT2D eigenvalue weighted by atomic mass is 10.0. The Morgan fingerprint density at radius 1 is 1.40 bits per heavy atom. The van der Waals surface area contributed by atoms with Gasteiger partial charge in [0.2, 0.25) is 0 Å². The van der Waals surface area contributed by atoms with E-state index in [1.807, 2.05) is 19.1 Å². The van der Waals surface area contributed by atoms with Crippen molar-refractivity contribution in [2.75, 3.05) is 7.11 Å². The van der Waals surface area contributed by atoms with Gasteiger partial charge < -0.3 is 4.74 Å². The highest BCUT2D eigenvalue weighted by Gasteiger charge is 2.11. The summed E-state index contributed by atoms with van der Waals surface area (Å²) in [6.07, 6.45) is 0.816. The highest BCUT2D eigenvalue weighted by molar-refractivity contribution is 9.28. The molecule has 0 spiro atoms. The molecular weight excluding hydrogens is 324 g/mol. The maximum absolute atomic E-state index is 10.9. The summed E-state index contributed by atoms with van der Waals surface area (Å²) in [5.41, 5.74) is 2.46. The average molecular weight is 334 g/mol. The standard InChI is InChI=1S/C11H10Br2O2/c1-7-3-4-8(6-14)9(5-7)10(15-2)11(12)13/h3-6H,1-2H3. The summed E-state index contributed by atoms with van der Waals surface area (Å²) in [4.78, 5) is 10.9. The van der Waals surface area contributed by atoms with Crippen LogP contribution >= 0.6 is 31.9 Å². The molecular formula is C11H10Br2O2. The first kappa shape index (κ1) is 12.5. The molecule has 15 heavy (non-hydrogen) atoms.